The average molecular weight is 451 g/mol. The van der Waals surface area contributed by atoms with E-state index in [1.807, 2.05) is 0 Å². The fourth-order valence-electron chi connectivity index (χ4n) is 3.72. The summed E-state index contributed by atoms with van der Waals surface area (Å²) in [6, 6.07) is 9.70. The molecule has 1 amide bonds. The van der Waals surface area contributed by atoms with Gasteiger partial charge in [0.2, 0.25) is 0 Å². The minimum absolute atomic E-state index is 0.0519. The third-order valence-electron chi connectivity index (χ3n) is 5.40. The Morgan fingerprint density at radius 2 is 1.91 bits per heavy atom. The van der Waals surface area contributed by atoms with E-state index >= 15 is 0 Å². The van der Waals surface area contributed by atoms with Crippen LogP contribution in [0.3, 0.4) is 0 Å². The largest absolute Gasteiger partial charge is 0.461 e. The van der Waals surface area contributed by atoms with Gasteiger partial charge in [-0.25, -0.2) is 9.18 Å². The molecule has 0 saturated heterocycles. The molecule has 2 aromatic heterocycles. The number of pyridine rings is 1. The van der Waals surface area contributed by atoms with Crippen LogP contribution in [0.2, 0.25) is 0 Å². The van der Waals surface area contributed by atoms with Crippen molar-refractivity contribution in [2.75, 3.05) is 6.61 Å². The summed E-state index contributed by atoms with van der Waals surface area (Å²) in [6.07, 6.45) is 1.60. The van der Waals surface area contributed by atoms with E-state index in [0.717, 1.165) is 6.07 Å². The van der Waals surface area contributed by atoms with Crippen molar-refractivity contribution in [1.82, 2.24) is 14.9 Å². The number of hydrogen-bond acceptors (Lipinski definition) is 5. The molecule has 0 spiro atoms. The topological polar surface area (TPSA) is 92.4 Å². The number of nitrogens with one attached hydrogen (secondary N) is 1. The molecule has 0 unspecified atom stereocenters. The van der Waals surface area contributed by atoms with E-state index in [0.29, 0.717) is 22.5 Å². The van der Waals surface area contributed by atoms with E-state index in [4.69, 9.17) is 4.74 Å². The van der Waals surface area contributed by atoms with Crippen molar-refractivity contribution in [1.29, 1.82) is 0 Å². The van der Waals surface area contributed by atoms with Crippen molar-refractivity contribution in [2.45, 2.75) is 40.3 Å². The Hall–Kier alpha value is -3.81. The van der Waals surface area contributed by atoms with Gasteiger partial charge in [-0.3, -0.25) is 14.6 Å². The predicted molar refractivity (Wildman–Crippen MR) is 121 cm³/mol. The summed E-state index contributed by atoms with van der Waals surface area (Å²) in [6.45, 7) is 6.91. The second-order valence-electron chi connectivity index (χ2n) is 7.65. The van der Waals surface area contributed by atoms with Gasteiger partial charge in [-0.15, -0.1) is 0 Å². The lowest BCUT2D eigenvalue weighted by Crippen LogP contribution is -2.43. The molecule has 1 aromatic carbocycles. The number of amides is 1. The molecule has 0 saturated carbocycles. The minimum atomic E-state index is -0.911. The number of ether oxygens (including phenoxy) is 1. The second-order valence-corrected chi connectivity index (χ2v) is 7.65. The van der Waals surface area contributed by atoms with Crippen LogP contribution >= 0.6 is 0 Å². The van der Waals surface area contributed by atoms with Gasteiger partial charge >= 0.3 is 5.97 Å². The molecule has 33 heavy (non-hydrogen) atoms. The number of esters is 1. The smallest absolute Gasteiger partial charge is 0.355 e. The first-order valence-electron chi connectivity index (χ1n) is 10.6. The molecule has 0 bridgehead atoms. The van der Waals surface area contributed by atoms with Gasteiger partial charge in [0.05, 0.1) is 24.9 Å². The number of Topliss-reactive ketones (excluding diaryl/α,β-unsaturated/α-hetero) is 1. The highest BCUT2D eigenvalue weighted by molar-refractivity contribution is 6.07. The van der Waals surface area contributed by atoms with Crippen molar-refractivity contribution >= 4 is 17.7 Å². The first-order valence-corrected chi connectivity index (χ1v) is 10.6. The van der Waals surface area contributed by atoms with Crippen molar-refractivity contribution in [3.8, 4) is 0 Å². The van der Waals surface area contributed by atoms with E-state index in [9.17, 15) is 18.8 Å². The Kier molecular flexibility index (Phi) is 7.37. The summed E-state index contributed by atoms with van der Waals surface area (Å²) in [7, 11) is 0. The van der Waals surface area contributed by atoms with Crippen molar-refractivity contribution in [2.24, 2.45) is 0 Å². The zero-order valence-electron chi connectivity index (χ0n) is 19.0. The van der Waals surface area contributed by atoms with Crippen molar-refractivity contribution in [3.05, 3.63) is 88.3 Å². The van der Waals surface area contributed by atoms with Gasteiger partial charge in [-0.05, 0) is 63.6 Å². The van der Waals surface area contributed by atoms with Crippen molar-refractivity contribution < 1.29 is 23.5 Å². The lowest BCUT2D eigenvalue weighted by molar-refractivity contribution is 0.0518. The monoisotopic (exact) mass is 451 g/mol. The molecule has 1 atom stereocenters. The van der Waals surface area contributed by atoms with Crippen LogP contribution in [0.15, 0.2) is 48.7 Å². The molecule has 1 N–H and O–H groups in total. The number of hydrogen-bond donors (Lipinski definition) is 1. The zero-order valence-corrected chi connectivity index (χ0v) is 19.0. The highest BCUT2D eigenvalue weighted by atomic mass is 19.1. The van der Waals surface area contributed by atoms with Crippen molar-refractivity contribution in [3.63, 3.8) is 0 Å². The molecule has 8 heteroatoms. The van der Waals surface area contributed by atoms with Gasteiger partial charge in [0.15, 0.2) is 5.78 Å². The number of H-pyrrole nitrogens is 1. The number of carbonyl (C=O) groups excluding carboxylic acids is 3. The van der Waals surface area contributed by atoms with E-state index in [1.54, 1.807) is 52.1 Å². The van der Waals surface area contributed by atoms with Crippen LogP contribution in [0.25, 0.3) is 0 Å². The van der Waals surface area contributed by atoms with Crippen LogP contribution < -0.4 is 0 Å². The normalized spacial score (nSPS) is 11.7. The highest BCUT2D eigenvalue weighted by Gasteiger charge is 2.32. The Balaban J connectivity index is 1.99. The maximum Gasteiger partial charge on any atom is 0.355 e. The molecule has 0 aliphatic carbocycles. The number of halogens is 1. The molecule has 3 aromatic rings. The van der Waals surface area contributed by atoms with Crippen LogP contribution in [-0.2, 0) is 11.3 Å². The summed E-state index contributed by atoms with van der Waals surface area (Å²) < 4.78 is 18.9. The molecule has 0 aliphatic heterocycles. The van der Waals surface area contributed by atoms with Crippen LogP contribution in [0, 0.1) is 19.7 Å². The summed E-state index contributed by atoms with van der Waals surface area (Å²) in [5, 5.41) is 0. The van der Waals surface area contributed by atoms with Gasteiger partial charge in [-0.2, -0.15) is 0 Å². The van der Waals surface area contributed by atoms with Gasteiger partial charge in [0.25, 0.3) is 5.91 Å². The number of aromatic amines is 1. The first kappa shape index (κ1) is 23.8. The second kappa shape index (κ2) is 10.2. The van der Waals surface area contributed by atoms with Crippen LogP contribution in [0.4, 0.5) is 4.39 Å². The number of benzene rings is 1. The van der Waals surface area contributed by atoms with Crippen LogP contribution in [-0.4, -0.2) is 45.2 Å². The SMILES string of the molecule is CCOC(=O)c1[nH]c(C)c(C(=O)[C@H](C)N(Cc2ccccn2)C(=O)c2cccc(F)c2)c1C. The molecule has 3 rings (SSSR count). The Morgan fingerprint density at radius 3 is 2.55 bits per heavy atom. The summed E-state index contributed by atoms with van der Waals surface area (Å²) in [5.74, 6) is -1.95. The highest BCUT2D eigenvalue weighted by Crippen LogP contribution is 2.24. The average Bonchev–Trinajstić information content (AvgIpc) is 3.10. The molecule has 0 fully saturated rings. The van der Waals surface area contributed by atoms with E-state index in [-0.39, 0.29) is 30.2 Å². The molecular formula is C25H26FN3O4. The Labute approximate surface area is 191 Å². The van der Waals surface area contributed by atoms with E-state index in [2.05, 4.69) is 9.97 Å². The fourth-order valence-corrected chi connectivity index (χ4v) is 3.72. The maximum absolute atomic E-state index is 13.8. The quantitative estimate of drug-likeness (QED) is 0.408. The summed E-state index contributed by atoms with van der Waals surface area (Å²) in [4.78, 5) is 47.7. The third-order valence-corrected chi connectivity index (χ3v) is 5.40. The summed E-state index contributed by atoms with van der Waals surface area (Å²) >= 11 is 0. The third kappa shape index (κ3) is 5.16. The standard InChI is InChI=1S/C25H26FN3O4/c1-5-33-25(32)22-15(2)21(16(3)28-22)23(30)17(4)29(14-20-11-6-7-12-27-20)24(31)18-9-8-10-19(26)13-18/h6-13,17,28H,5,14H2,1-4H3/t17-/m0/s1. The number of aromatic nitrogens is 2. The molecule has 2 heterocycles. The summed E-state index contributed by atoms with van der Waals surface area (Å²) in [5.41, 5.74) is 2.19. The molecule has 7 nitrogen and oxygen atoms in total. The van der Waals surface area contributed by atoms with Crippen LogP contribution in [0.1, 0.15) is 62.0 Å². The zero-order chi connectivity index (χ0) is 24.1. The maximum atomic E-state index is 13.8. The predicted octanol–water partition coefficient (Wildman–Crippen LogP) is 4.26. The van der Waals surface area contributed by atoms with Gasteiger partial charge in [0, 0.05) is 23.0 Å². The Bertz CT molecular complexity index is 1170. The van der Waals surface area contributed by atoms with E-state index < -0.39 is 23.7 Å². The number of aryl methyl sites for hydroxylation is 1. The fraction of sp³-hybridized carbons (Fsp3) is 0.280. The van der Waals surface area contributed by atoms with Crippen LogP contribution in [0.5, 0.6) is 0 Å². The number of carbonyl (C=O) groups is 3. The molecular weight excluding hydrogens is 425 g/mol. The molecule has 0 aliphatic rings. The lowest BCUT2D eigenvalue weighted by Gasteiger charge is -2.28. The number of rotatable bonds is 8. The first-order chi connectivity index (χ1) is 15.7. The van der Waals surface area contributed by atoms with E-state index in [1.165, 1.54) is 23.1 Å². The van der Waals surface area contributed by atoms with Gasteiger partial charge in [-0.1, -0.05) is 12.1 Å². The number of ketones is 1. The number of nitrogens with zero attached hydrogens (tertiary/aromatic N) is 2. The molecule has 172 valence electrons. The van der Waals surface area contributed by atoms with Gasteiger partial charge in [0.1, 0.15) is 11.5 Å². The Morgan fingerprint density at radius 1 is 1.15 bits per heavy atom. The molecule has 0 radical (unpaired) electrons. The lowest BCUT2D eigenvalue weighted by atomic mass is 9.99. The minimum Gasteiger partial charge on any atom is -0.461 e. The van der Waals surface area contributed by atoms with Gasteiger partial charge < -0.3 is 14.6 Å².